The van der Waals surface area contributed by atoms with Gasteiger partial charge in [0.2, 0.25) is 0 Å². The van der Waals surface area contributed by atoms with Gasteiger partial charge in [-0.2, -0.15) is 0 Å². The molecule has 0 heterocycles. The predicted molar refractivity (Wildman–Crippen MR) is 72.4 cm³/mol. The number of carbonyl (C=O) groups is 1. The molecule has 0 aliphatic rings. The van der Waals surface area contributed by atoms with Crippen molar-refractivity contribution in [1.29, 1.82) is 0 Å². The van der Waals surface area contributed by atoms with Crippen LogP contribution in [0.4, 0.5) is 4.39 Å². The Morgan fingerprint density at radius 2 is 2.12 bits per heavy atom. The van der Waals surface area contributed by atoms with Crippen LogP contribution in [-0.4, -0.2) is 16.4 Å². The van der Waals surface area contributed by atoms with Gasteiger partial charge in [-0.05, 0) is 32.0 Å². The van der Waals surface area contributed by atoms with E-state index in [-0.39, 0.29) is 10.6 Å². The predicted octanol–water partition coefficient (Wildman–Crippen LogP) is 2.38. The third kappa shape index (κ3) is 3.47. The topological polar surface area (TPSA) is 55.1 Å². The van der Waals surface area contributed by atoms with E-state index in [4.69, 9.17) is 18.0 Å². The molecule has 3 N–H and O–H groups in total. The largest absolute Gasteiger partial charge is 0.391 e. The molecule has 17 heavy (non-hydrogen) atoms. The average molecular weight is 319 g/mol. The molecule has 0 saturated heterocycles. The van der Waals surface area contributed by atoms with Gasteiger partial charge in [-0.1, -0.05) is 28.1 Å². The molecule has 1 aromatic carbocycles. The lowest BCUT2D eigenvalue weighted by Crippen LogP contribution is -2.52. The van der Waals surface area contributed by atoms with Crippen molar-refractivity contribution < 1.29 is 9.18 Å². The summed E-state index contributed by atoms with van der Waals surface area (Å²) in [6, 6.07) is 4.21. The summed E-state index contributed by atoms with van der Waals surface area (Å²) in [5.41, 5.74) is 4.58. The molecule has 0 unspecified atom stereocenters. The van der Waals surface area contributed by atoms with Crippen LogP contribution in [0, 0.1) is 5.82 Å². The van der Waals surface area contributed by atoms with Crippen molar-refractivity contribution in [3.05, 3.63) is 34.1 Å². The first kappa shape index (κ1) is 14.1. The molecule has 1 rings (SSSR count). The molecule has 0 fully saturated rings. The van der Waals surface area contributed by atoms with Crippen LogP contribution in [0.3, 0.4) is 0 Å². The van der Waals surface area contributed by atoms with Crippen molar-refractivity contribution in [2.24, 2.45) is 5.73 Å². The maximum Gasteiger partial charge on any atom is 0.255 e. The normalized spacial score (nSPS) is 11.1. The summed E-state index contributed by atoms with van der Waals surface area (Å²) in [6.07, 6.45) is 0. The van der Waals surface area contributed by atoms with Crippen LogP contribution in [0.15, 0.2) is 22.7 Å². The smallest absolute Gasteiger partial charge is 0.255 e. The number of hydrogen-bond donors (Lipinski definition) is 2. The minimum absolute atomic E-state index is 0.0440. The Morgan fingerprint density at radius 1 is 1.53 bits per heavy atom. The van der Waals surface area contributed by atoms with Gasteiger partial charge in [-0.25, -0.2) is 4.39 Å². The minimum atomic E-state index is -0.855. The highest BCUT2D eigenvalue weighted by molar-refractivity contribution is 9.10. The van der Waals surface area contributed by atoms with E-state index >= 15 is 0 Å². The van der Waals surface area contributed by atoms with Gasteiger partial charge in [0.05, 0.1) is 16.1 Å². The van der Waals surface area contributed by atoms with Crippen LogP contribution in [0.5, 0.6) is 0 Å². The molecule has 6 heteroatoms. The van der Waals surface area contributed by atoms with Crippen LogP contribution < -0.4 is 11.1 Å². The monoisotopic (exact) mass is 318 g/mol. The second-order valence-electron chi connectivity index (χ2n) is 4.07. The van der Waals surface area contributed by atoms with Gasteiger partial charge >= 0.3 is 0 Å². The quantitative estimate of drug-likeness (QED) is 0.841. The summed E-state index contributed by atoms with van der Waals surface area (Å²) in [6.45, 7) is 3.31. The number of amides is 1. The van der Waals surface area contributed by atoms with Crippen LogP contribution in [0.25, 0.3) is 0 Å². The summed E-state index contributed by atoms with van der Waals surface area (Å²) in [5.74, 6) is -1.15. The van der Waals surface area contributed by atoms with Gasteiger partial charge in [0.25, 0.3) is 5.91 Å². The Balaban J connectivity index is 2.95. The number of carbonyl (C=O) groups excluding carboxylic acids is 1. The zero-order chi connectivity index (χ0) is 13.2. The Kier molecular flexibility index (Phi) is 4.21. The lowest BCUT2D eigenvalue weighted by Gasteiger charge is -2.24. The van der Waals surface area contributed by atoms with E-state index in [0.717, 1.165) is 0 Å². The maximum absolute atomic E-state index is 13.5. The molecule has 1 amide bonds. The molecular formula is C11H12BrFN2OS. The SMILES string of the molecule is CC(C)(NC(=O)c1ccc(Br)cc1F)C(N)=S. The van der Waals surface area contributed by atoms with Crippen molar-refractivity contribution in [2.75, 3.05) is 0 Å². The van der Waals surface area contributed by atoms with E-state index in [1.807, 2.05) is 0 Å². The lowest BCUT2D eigenvalue weighted by molar-refractivity contribution is 0.0928. The van der Waals surface area contributed by atoms with Gasteiger partial charge in [0, 0.05) is 4.47 Å². The second-order valence-corrected chi connectivity index (χ2v) is 5.42. The molecule has 0 aliphatic heterocycles. The van der Waals surface area contributed by atoms with Crippen molar-refractivity contribution >= 4 is 39.0 Å². The summed E-state index contributed by atoms with van der Waals surface area (Å²) in [7, 11) is 0. The molecule has 92 valence electrons. The minimum Gasteiger partial charge on any atom is -0.391 e. The maximum atomic E-state index is 13.5. The van der Waals surface area contributed by atoms with E-state index in [0.29, 0.717) is 4.47 Å². The Bertz CT molecular complexity index is 477. The van der Waals surface area contributed by atoms with E-state index in [1.54, 1.807) is 19.9 Å². The number of rotatable bonds is 3. The fraction of sp³-hybridized carbons (Fsp3) is 0.273. The summed E-state index contributed by atoms with van der Waals surface area (Å²) in [4.78, 5) is 12.0. The zero-order valence-electron chi connectivity index (χ0n) is 9.38. The third-order valence-electron chi connectivity index (χ3n) is 2.22. The highest BCUT2D eigenvalue weighted by Crippen LogP contribution is 2.16. The van der Waals surface area contributed by atoms with Gasteiger partial charge in [-0.3, -0.25) is 4.79 Å². The number of halogens is 2. The van der Waals surface area contributed by atoms with Crippen LogP contribution in [0.1, 0.15) is 24.2 Å². The highest BCUT2D eigenvalue weighted by Gasteiger charge is 2.25. The number of thiocarbonyl (C=S) groups is 1. The lowest BCUT2D eigenvalue weighted by atomic mass is 10.0. The van der Waals surface area contributed by atoms with Gasteiger partial charge in [0.1, 0.15) is 5.82 Å². The van der Waals surface area contributed by atoms with E-state index in [1.165, 1.54) is 12.1 Å². The number of nitrogens with two attached hydrogens (primary N) is 1. The highest BCUT2D eigenvalue weighted by atomic mass is 79.9. The molecule has 0 radical (unpaired) electrons. The van der Waals surface area contributed by atoms with Crippen molar-refractivity contribution in [2.45, 2.75) is 19.4 Å². The van der Waals surface area contributed by atoms with Crippen LogP contribution in [-0.2, 0) is 0 Å². The fourth-order valence-electron chi connectivity index (χ4n) is 1.09. The number of hydrogen-bond acceptors (Lipinski definition) is 2. The standard InChI is InChI=1S/C11H12BrFN2OS/c1-11(2,10(14)17)15-9(16)7-4-3-6(12)5-8(7)13/h3-5H,1-2H3,(H2,14,17)(H,15,16). The van der Waals surface area contributed by atoms with E-state index in [2.05, 4.69) is 21.2 Å². The van der Waals surface area contributed by atoms with Crippen molar-refractivity contribution in [3.63, 3.8) is 0 Å². The third-order valence-corrected chi connectivity index (χ3v) is 3.22. The molecular weight excluding hydrogens is 307 g/mol. The molecule has 1 aromatic rings. The molecule has 0 bridgehead atoms. The summed E-state index contributed by atoms with van der Waals surface area (Å²) >= 11 is 7.93. The Hall–Kier alpha value is -1.01. The van der Waals surface area contributed by atoms with Crippen molar-refractivity contribution in [3.8, 4) is 0 Å². The summed E-state index contributed by atoms with van der Waals surface area (Å²) < 4.78 is 14.1. The number of nitrogens with one attached hydrogen (secondary N) is 1. The molecule has 0 saturated carbocycles. The van der Waals surface area contributed by atoms with Crippen LogP contribution in [0.2, 0.25) is 0 Å². The summed E-state index contributed by atoms with van der Waals surface area (Å²) in [5, 5.41) is 2.57. The first-order chi connectivity index (χ1) is 7.74. The Labute approximate surface area is 113 Å². The number of benzene rings is 1. The molecule has 0 spiro atoms. The van der Waals surface area contributed by atoms with E-state index in [9.17, 15) is 9.18 Å². The second kappa shape index (κ2) is 5.10. The first-order valence-electron chi connectivity index (χ1n) is 4.81. The van der Waals surface area contributed by atoms with E-state index < -0.39 is 17.3 Å². The average Bonchev–Trinajstić information content (AvgIpc) is 2.15. The molecule has 0 atom stereocenters. The fourth-order valence-corrected chi connectivity index (χ4v) is 1.47. The van der Waals surface area contributed by atoms with Crippen molar-refractivity contribution in [1.82, 2.24) is 5.32 Å². The van der Waals surface area contributed by atoms with Gasteiger partial charge in [0.15, 0.2) is 0 Å². The van der Waals surface area contributed by atoms with Gasteiger partial charge < -0.3 is 11.1 Å². The first-order valence-corrected chi connectivity index (χ1v) is 6.01. The van der Waals surface area contributed by atoms with Gasteiger partial charge in [-0.15, -0.1) is 0 Å². The van der Waals surface area contributed by atoms with Crippen LogP contribution >= 0.6 is 28.1 Å². The zero-order valence-corrected chi connectivity index (χ0v) is 11.8. The molecule has 3 nitrogen and oxygen atoms in total. The Morgan fingerprint density at radius 3 is 2.59 bits per heavy atom. The molecule has 0 aromatic heterocycles. The molecule has 0 aliphatic carbocycles.